The Balaban J connectivity index is 1.66. The smallest absolute Gasteiger partial charge is 0.341 e. The van der Waals surface area contributed by atoms with Crippen LogP contribution in [-0.4, -0.2) is 38.5 Å². The highest BCUT2D eigenvalue weighted by Crippen LogP contribution is 2.36. The van der Waals surface area contributed by atoms with Crippen LogP contribution in [0, 0.1) is 0 Å². The van der Waals surface area contributed by atoms with Crippen LogP contribution in [-0.2, 0) is 12.6 Å². The molecule has 6 nitrogen and oxygen atoms in total. The van der Waals surface area contributed by atoms with Crippen LogP contribution in [0.15, 0.2) is 24.5 Å². The summed E-state index contributed by atoms with van der Waals surface area (Å²) in [5, 5.41) is 6.24. The first-order valence-electron chi connectivity index (χ1n) is 9.99. The molecule has 3 aromatic rings. The highest BCUT2D eigenvalue weighted by molar-refractivity contribution is 7.14. The van der Waals surface area contributed by atoms with Crippen molar-refractivity contribution in [3.05, 3.63) is 39.8 Å². The number of hydrogen-bond donors (Lipinski definition) is 2. The van der Waals surface area contributed by atoms with Gasteiger partial charge in [0.05, 0.1) is 28.5 Å². The van der Waals surface area contributed by atoms with E-state index in [-0.39, 0.29) is 16.9 Å². The number of nitrogens with one attached hydrogen (secondary N) is 1. The Bertz CT molecular complexity index is 1160. The highest BCUT2D eigenvalue weighted by atomic mass is 32.1. The molecule has 1 amide bonds. The maximum Gasteiger partial charge on any atom is 0.418 e. The third kappa shape index (κ3) is 4.08. The van der Waals surface area contributed by atoms with E-state index in [1.54, 1.807) is 0 Å². The lowest BCUT2D eigenvalue weighted by molar-refractivity contribution is -0.137. The van der Waals surface area contributed by atoms with Crippen LogP contribution in [0.5, 0.6) is 0 Å². The second-order valence-corrected chi connectivity index (χ2v) is 8.86. The number of nitrogens with two attached hydrogens (primary N) is 1. The number of nitrogens with zero attached hydrogens (tertiary/aromatic N) is 3. The molecule has 1 fully saturated rings. The molecule has 0 aliphatic heterocycles. The fraction of sp³-hybridized carbons (Fsp3) is 0.450. The zero-order valence-corrected chi connectivity index (χ0v) is 17.7. The van der Waals surface area contributed by atoms with Crippen molar-refractivity contribution in [2.45, 2.75) is 56.8 Å². The third-order valence-electron chi connectivity index (χ3n) is 5.54. The van der Waals surface area contributed by atoms with Crippen molar-refractivity contribution in [2.24, 2.45) is 5.73 Å². The largest absolute Gasteiger partial charge is 0.418 e. The van der Waals surface area contributed by atoms with Gasteiger partial charge in [0, 0.05) is 22.9 Å². The molecule has 172 valence electrons. The summed E-state index contributed by atoms with van der Waals surface area (Å²) in [6.07, 6.45) is -1.61. The number of alkyl halides is 5. The van der Waals surface area contributed by atoms with E-state index in [0.717, 1.165) is 22.3 Å². The van der Waals surface area contributed by atoms with Crippen molar-refractivity contribution in [1.82, 2.24) is 19.9 Å². The molecule has 1 saturated carbocycles. The lowest BCUT2D eigenvalue weighted by Gasteiger charge is -2.36. The van der Waals surface area contributed by atoms with E-state index in [9.17, 15) is 26.7 Å². The van der Waals surface area contributed by atoms with Crippen LogP contribution in [0.4, 0.5) is 22.0 Å². The first-order valence-corrected chi connectivity index (χ1v) is 10.8. The number of rotatable bonds is 4. The molecule has 3 heterocycles. The van der Waals surface area contributed by atoms with Gasteiger partial charge in [-0.25, -0.2) is 18.3 Å². The van der Waals surface area contributed by atoms with E-state index < -0.39 is 35.7 Å². The molecule has 4 rings (SSSR count). The Morgan fingerprint density at radius 2 is 2.09 bits per heavy atom. The molecule has 3 aromatic heterocycles. The summed E-state index contributed by atoms with van der Waals surface area (Å²) >= 11 is 1.13. The Kier molecular flexibility index (Phi) is 5.70. The third-order valence-corrected chi connectivity index (χ3v) is 6.81. The van der Waals surface area contributed by atoms with Gasteiger partial charge >= 0.3 is 6.18 Å². The lowest BCUT2D eigenvalue weighted by atomic mass is 9.87. The number of amides is 1. The van der Waals surface area contributed by atoms with Crippen LogP contribution >= 0.6 is 11.3 Å². The standard InChI is InChI=1S/C20H20F5N5OS/c1-2-14-11(13-9-27-16-6-10(20(23,24)25)8-28-30(13)16)7-15(32-14)18(31)29-17-12(26)4-3-5-19(17,21)22/h6-9,12,17H,2-5,26H2,1H3,(H,29,31)/t12-,17?/m0/s1. The van der Waals surface area contributed by atoms with Crippen LogP contribution in [0.2, 0.25) is 0 Å². The summed E-state index contributed by atoms with van der Waals surface area (Å²) in [5.41, 5.74) is 5.87. The van der Waals surface area contributed by atoms with Crippen LogP contribution in [0.25, 0.3) is 16.9 Å². The van der Waals surface area contributed by atoms with Gasteiger partial charge in [-0.15, -0.1) is 11.3 Å². The fourth-order valence-corrected chi connectivity index (χ4v) is 4.88. The number of carbonyl (C=O) groups is 1. The van der Waals surface area contributed by atoms with E-state index >= 15 is 0 Å². The summed E-state index contributed by atoms with van der Waals surface area (Å²) in [7, 11) is 0. The summed E-state index contributed by atoms with van der Waals surface area (Å²) < 4.78 is 68.6. The number of halogens is 5. The maximum atomic E-state index is 14.3. The minimum atomic E-state index is -4.55. The fourth-order valence-electron chi connectivity index (χ4n) is 3.87. The SMILES string of the molecule is CCc1sc(C(=O)NC2[C@@H](N)CCCC2(F)F)cc1-c1cnc2cc(C(F)(F)F)cnn12. The summed E-state index contributed by atoms with van der Waals surface area (Å²) in [5.74, 6) is -3.76. The van der Waals surface area contributed by atoms with E-state index in [2.05, 4.69) is 15.4 Å². The van der Waals surface area contributed by atoms with Gasteiger partial charge in [0.2, 0.25) is 0 Å². The van der Waals surface area contributed by atoms with Gasteiger partial charge in [-0.1, -0.05) is 6.92 Å². The maximum absolute atomic E-state index is 14.3. The van der Waals surface area contributed by atoms with Crippen molar-refractivity contribution in [3.63, 3.8) is 0 Å². The van der Waals surface area contributed by atoms with E-state index in [0.29, 0.717) is 36.7 Å². The molecule has 0 bridgehead atoms. The van der Waals surface area contributed by atoms with Gasteiger partial charge in [-0.3, -0.25) is 4.79 Å². The number of imidazole rings is 1. The zero-order valence-electron chi connectivity index (χ0n) is 16.9. The minimum Gasteiger partial charge on any atom is -0.341 e. The molecule has 32 heavy (non-hydrogen) atoms. The van der Waals surface area contributed by atoms with Gasteiger partial charge in [0.15, 0.2) is 5.65 Å². The predicted octanol–water partition coefficient (Wildman–Crippen LogP) is 4.28. The second kappa shape index (κ2) is 8.07. The number of thiophene rings is 1. The Hall–Kier alpha value is -2.60. The minimum absolute atomic E-state index is 0.00176. The summed E-state index contributed by atoms with van der Waals surface area (Å²) in [6.45, 7) is 1.85. The molecule has 0 radical (unpaired) electrons. The number of aromatic nitrogens is 3. The lowest BCUT2D eigenvalue weighted by Crippen LogP contribution is -2.59. The number of hydrogen-bond acceptors (Lipinski definition) is 5. The number of carbonyl (C=O) groups excluding carboxylic acids is 1. The quantitative estimate of drug-likeness (QED) is 0.554. The average molecular weight is 473 g/mol. The molecular weight excluding hydrogens is 453 g/mol. The van der Waals surface area contributed by atoms with Crippen molar-refractivity contribution >= 4 is 22.9 Å². The number of fused-ring (bicyclic) bond motifs is 1. The van der Waals surface area contributed by atoms with Gasteiger partial charge in [0.25, 0.3) is 11.8 Å². The molecule has 1 aliphatic carbocycles. The Labute approximate surface area is 183 Å². The van der Waals surface area contributed by atoms with Gasteiger partial charge in [0.1, 0.15) is 6.04 Å². The molecule has 12 heteroatoms. The average Bonchev–Trinajstić information content (AvgIpc) is 3.33. The van der Waals surface area contributed by atoms with Gasteiger partial charge < -0.3 is 11.1 Å². The second-order valence-electron chi connectivity index (χ2n) is 7.72. The van der Waals surface area contributed by atoms with Gasteiger partial charge in [-0.2, -0.15) is 18.3 Å². The zero-order chi connectivity index (χ0) is 23.3. The van der Waals surface area contributed by atoms with E-state index in [1.807, 2.05) is 6.92 Å². The number of aryl methyl sites for hydroxylation is 1. The molecule has 1 unspecified atom stereocenters. The predicted molar refractivity (Wildman–Crippen MR) is 109 cm³/mol. The van der Waals surface area contributed by atoms with E-state index in [4.69, 9.17) is 5.73 Å². The Morgan fingerprint density at radius 3 is 2.75 bits per heavy atom. The topological polar surface area (TPSA) is 85.3 Å². The highest BCUT2D eigenvalue weighted by Gasteiger charge is 2.46. The Morgan fingerprint density at radius 1 is 1.34 bits per heavy atom. The first kappa shape index (κ1) is 22.6. The monoisotopic (exact) mass is 473 g/mol. The van der Waals surface area contributed by atoms with Crippen molar-refractivity contribution in [1.29, 1.82) is 0 Å². The molecule has 0 spiro atoms. The molecule has 2 atom stereocenters. The van der Waals surface area contributed by atoms with Crippen molar-refractivity contribution in [2.75, 3.05) is 0 Å². The van der Waals surface area contributed by atoms with E-state index in [1.165, 1.54) is 16.8 Å². The van der Waals surface area contributed by atoms with Crippen molar-refractivity contribution < 1.29 is 26.7 Å². The van der Waals surface area contributed by atoms with Crippen LogP contribution in [0.1, 0.15) is 46.3 Å². The summed E-state index contributed by atoms with van der Waals surface area (Å²) in [4.78, 5) is 17.7. The van der Waals surface area contributed by atoms with Crippen molar-refractivity contribution in [3.8, 4) is 11.3 Å². The van der Waals surface area contributed by atoms with Crippen LogP contribution < -0.4 is 11.1 Å². The molecule has 0 saturated heterocycles. The summed E-state index contributed by atoms with van der Waals surface area (Å²) in [6, 6.07) is 0.0965. The normalized spacial score (nSPS) is 21.1. The van der Waals surface area contributed by atoms with Crippen LogP contribution in [0.3, 0.4) is 0 Å². The molecule has 0 aromatic carbocycles. The van der Waals surface area contributed by atoms with Gasteiger partial charge in [-0.05, 0) is 31.4 Å². The first-order chi connectivity index (χ1) is 15.0. The molecule has 1 aliphatic rings. The molecule has 3 N–H and O–H groups in total. The molecular formula is C20H20F5N5OS.